The zero-order valence-electron chi connectivity index (χ0n) is 12.6. The van der Waals surface area contributed by atoms with Crippen molar-refractivity contribution in [3.63, 3.8) is 0 Å². The molecule has 1 amide bonds. The van der Waals surface area contributed by atoms with Gasteiger partial charge in [-0.3, -0.25) is 4.79 Å². The second-order valence-electron chi connectivity index (χ2n) is 4.55. The van der Waals surface area contributed by atoms with E-state index in [9.17, 15) is 4.79 Å². The molecule has 0 aliphatic heterocycles. The van der Waals surface area contributed by atoms with Crippen molar-refractivity contribution in [1.29, 1.82) is 0 Å². The Bertz CT molecular complexity index is 589. The highest BCUT2D eigenvalue weighted by Gasteiger charge is 2.16. The molecule has 0 spiro atoms. The van der Waals surface area contributed by atoms with Crippen molar-refractivity contribution >= 4 is 40.8 Å². The summed E-state index contributed by atoms with van der Waals surface area (Å²) in [4.78, 5) is 12.1. The first-order chi connectivity index (χ1) is 10.7. The van der Waals surface area contributed by atoms with Crippen LogP contribution in [0.3, 0.4) is 0 Å². The van der Waals surface area contributed by atoms with Gasteiger partial charge in [0.2, 0.25) is 5.91 Å². The van der Waals surface area contributed by atoms with Crippen molar-refractivity contribution in [2.75, 3.05) is 12.3 Å². The van der Waals surface area contributed by atoms with Gasteiger partial charge in [0, 0.05) is 6.54 Å². The van der Waals surface area contributed by atoms with E-state index in [1.165, 1.54) is 17.3 Å². The maximum atomic E-state index is 12.1. The molecule has 0 unspecified atom stereocenters. The lowest BCUT2D eigenvalue weighted by atomic mass is 10.1. The van der Waals surface area contributed by atoms with Crippen molar-refractivity contribution < 1.29 is 4.79 Å². The Kier molecular flexibility index (Phi) is 7.21. The van der Waals surface area contributed by atoms with Crippen molar-refractivity contribution in [3.05, 3.63) is 35.9 Å². The Morgan fingerprint density at radius 1 is 1.27 bits per heavy atom. The SMILES string of the molecule is CCSc1nnc(S[C@@H](C)C(=O)NCCc2ccccc2)s1. The number of rotatable bonds is 8. The first kappa shape index (κ1) is 17.3. The molecule has 0 bridgehead atoms. The van der Waals surface area contributed by atoms with Crippen molar-refractivity contribution in [2.24, 2.45) is 0 Å². The molecule has 1 N–H and O–H groups in total. The topological polar surface area (TPSA) is 54.9 Å². The molecular formula is C15H19N3OS3. The number of benzene rings is 1. The minimum absolute atomic E-state index is 0.0424. The van der Waals surface area contributed by atoms with Crippen molar-refractivity contribution in [3.8, 4) is 0 Å². The van der Waals surface area contributed by atoms with E-state index >= 15 is 0 Å². The van der Waals surface area contributed by atoms with Gasteiger partial charge < -0.3 is 5.32 Å². The average molecular weight is 354 g/mol. The highest BCUT2D eigenvalue weighted by Crippen LogP contribution is 2.30. The van der Waals surface area contributed by atoms with Gasteiger partial charge in [0.15, 0.2) is 8.68 Å². The Morgan fingerprint density at radius 3 is 2.73 bits per heavy atom. The highest BCUT2D eigenvalue weighted by molar-refractivity contribution is 8.03. The molecule has 118 valence electrons. The fourth-order valence-electron chi connectivity index (χ4n) is 1.75. The largest absolute Gasteiger partial charge is 0.355 e. The van der Waals surface area contributed by atoms with Crippen LogP contribution in [0.1, 0.15) is 19.4 Å². The van der Waals surface area contributed by atoms with Gasteiger partial charge in [-0.05, 0) is 24.7 Å². The van der Waals surface area contributed by atoms with E-state index in [4.69, 9.17) is 0 Å². The second kappa shape index (κ2) is 9.17. The average Bonchev–Trinajstić information content (AvgIpc) is 2.96. The zero-order valence-corrected chi connectivity index (χ0v) is 15.1. The Balaban J connectivity index is 1.74. The minimum atomic E-state index is -0.164. The van der Waals surface area contributed by atoms with Crippen LogP contribution in [-0.4, -0.2) is 33.7 Å². The third-order valence-electron chi connectivity index (χ3n) is 2.86. The summed E-state index contributed by atoms with van der Waals surface area (Å²) in [5.74, 6) is 1.02. The van der Waals surface area contributed by atoms with Gasteiger partial charge in [0.05, 0.1) is 5.25 Å². The van der Waals surface area contributed by atoms with Crippen LogP contribution in [0.2, 0.25) is 0 Å². The van der Waals surface area contributed by atoms with Crippen LogP contribution >= 0.6 is 34.9 Å². The lowest BCUT2D eigenvalue weighted by Crippen LogP contribution is -2.32. The number of nitrogens with zero attached hydrogens (tertiary/aromatic N) is 2. The number of amides is 1. The third kappa shape index (κ3) is 5.62. The van der Waals surface area contributed by atoms with Crippen LogP contribution in [0.5, 0.6) is 0 Å². The lowest BCUT2D eigenvalue weighted by molar-refractivity contribution is -0.120. The smallest absolute Gasteiger partial charge is 0.233 e. The molecule has 0 aliphatic carbocycles. The number of aromatic nitrogens is 2. The number of hydrogen-bond acceptors (Lipinski definition) is 6. The number of carbonyl (C=O) groups is 1. The molecule has 0 fully saturated rings. The third-order valence-corrected chi connectivity index (χ3v) is 5.98. The van der Waals surface area contributed by atoms with Gasteiger partial charge in [-0.1, -0.05) is 72.1 Å². The van der Waals surface area contributed by atoms with E-state index in [1.54, 1.807) is 23.1 Å². The van der Waals surface area contributed by atoms with E-state index in [0.29, 0.717) is 6.54 Å². The molecule has 0 saturated heterocycles. The molecule has 2 rings (SSSR count). The molecule has 0 saturated carbocycles. The normalized spacial score (nSPS) is 12.1. The Morgan fingerprint density at radius 2 is 2.00 bits per heavy atom. The summed E-state index contributed by atoms with van der Waals surface area (Å²) in [6, 6.07) is 10.2. The summed E-state index contributed by atoms with van der Waals surface area (Å²) in [5.41, 5.74) is 1.23. The predicted molar refractivity (Wildman–Crippen MR) is 94.8 cm³/mol. The van der Waals surface area contributed by atoms with Crippen LogP contribution < -0.4 is 5.32 Å². The molecule has 4 nitrogen and oxygen atoms in total. The second-order valence-corrected chi connectivity index (χ2v) is 8.63. The molecule has 2 aromatic rings. The van der Waals surface area contributed by atoms with Crippen LogP contribution in [-0.2, 0) is 11.2 Å². The van der Waals surface area contributed by atoms with Crippen LogP contribution in [0.15, 0.2) is 39.0 Å². The van der Waals surface area contributed by atoms with Crippen LogP contribution in [0, 0.1) is 0 Å². The van der Waals surface area contributed by atoms with E-state index in [2.05, 4.69) is 34.6 Å². The Labute approximate surface area is 143 Å². The molecule has 1 atom stereocenters. The van der Waals surface area contributed by atoms with Crippen LogP contribution in [0.4, 0.5) is 0 Å². The highest BCUT2D eigenvalue weighted by atomic mass is 32.2. The Hall–Kier alpha value is -1.05. The van der Waals surface area contributed by atoms with Gasteiger partial charge in [-0.25, -0.2) is 0 Å². The maximum Gasteiger partial charge on any atom is 0.233 e. The summed E-state index contributed by atoms with van der Waals surface area (Å²) < 4.78 is 1.81. The fourth-order valence-corrected chi connectivity index (χ4v) is 4.84. The van der Waals surface area contributed by atoms with Gasteiger partial charge in [-0.2, -0.15) is 0 Å². The number of nitrogens with one attached hydrogen (secondary N) is 1. The number of hydrogen-bond donors (Lipinski definition) is 1. The molecule has 1 aromatic heterocycles. The molecule has 1 heterocycles. The summed E-state index contributed by atoms with van der Waals surface area (Å²) in [7, 11) is 0. The molecule has 22 heavy (non-hydrogen) atoms. The van der Waals surface area contributed by atoms with E-state index in [-0.39, 0.29) is 11.2 Å². The minimum Gasteiger partial charge on any atom is -0.355 e. The predicted octanol–water partition coefficient (Wildman–Crippen LogP) is 3.49. The van der Waals surface area contributed by atoms with Crippen LogP contribution in [0.25, 0.3) is 0 Å². The van der Waals surface area contributed by atoms with Crippen molar-refractivity contribution in [1.82, 2.24) is 15.5 Å². The molecule has 1 aromatic carbocycles. The zero-order chi connectivity index (χ0) is 15.8. The van der Waals surface area contributed by atoms with E-state index < -0.39 is 0 Å². The van der Waals surface area contributed by atoms with Crippen molar-refractivity contribution in [2.45, 2.75) is 34.2 Å². The summed E-state index contributed by atoms with van der Waals surface area (Å²) >= 11 is 4.69. The molecule has 7 heteroatoms. The first-order valence-electron chi connectivity index (χ1n) is 7.13. The fraction of sp³-hybridized carbons (Fsp3) is 0.400. The first-order valence-corrected chi connectivity index (χ1v) is 9.81. The molecule has 0 aliphatic rings. The quantitative estimate of drug-likeness (QED) is 0.736. The number of carbonyl (C=O) groups excluding carboxylic acids is 1. The van der Waals surface area contributed by atoms with Gasteiger partial charge in [0.25, 0.3) is 0 Å². The van der Waals surface area contributed by atoms with Gasteiger partial charge >= 0.3 is 0 Å². The van der Waals surface area contributed by atoms with E-state index in [0.717, 1.165) is 20.9 Å². The summed E-state index contributed by atoms with van der Waals surface area (Å²) in [6.07, 6.45) is 0.847. The van der Waals surface area contributed by atoms with Gasteiger partial charge in [-0.15, -0.1) is 10.2 Å². The summed E-state index contributed by atoms with van der Waals surface area (Å²) in [6.45, 7) is 4.64. The standard InChI is InChI=1S/C15H19N3OS3/c1-3-20-14-17-18-15(22-14)21-11(2)13(19)16-10-9-12-7-5-4-6-8-12/h4-8,11H,3,9-10H2,1-2H3,(H,16,19)/t11-/m0/s1. The molecule has 0 radical (unpaired) electrons. The number of thioether (sulfide) groups is 2. The monoisotopic (exact) mass is 353 g/mol. The van der Waals surface area contributed by atoms with E-state index in [1.807, 2.05) is 25.1 Å². The lowest BCUT2D eigenvalue weighted by Gasteiger charge is -2.10. The summed E-state index contributed by atoms with van der Waals surface area (Å²) in [5, 5.41) is 11.0. The maximum absolute atomic E-state index is 12.1. The molecular weight excluding hydrogens is 334 g/mol. The van der Waals surface area contributed by atoms with Gasteiger partial charge in [0.1, 0.15) is 0 Å².